The fourth-order valence-electron chi connectivity index (χ4n) is 1.89. The van der Waals surface area contributed by atoms with Gasteiger partial charge in [0.1, 0.15) is 0 Å². The number of rotatable bonds is 9. The highest BCUT2D eigenvalue weighted by Crippen LogP contribution is 2.24. The molecule has 0 aliphatic carbocycles. The van der Waals surface area contributed by atoms with E-state index in [2.05, 4.69) is 36.3 Å². The van der Waals surface area contributed by atoms with E-state index in [1.807, 2.05) is 17.4 Å². The number of thiophene rings is 1. The Balaban J connectivity index is 2.26. The van der Waals surface area contributed by atoms with Crippen LogP contribution >= 0.6 is 11.3 Å². The molecule has 1 nitrogen and oxygen atoms in total. The minimum Gasteiger partial charge on any atom is -0.310 e. The van der Waals surface area contributed by atoms with Crippen molar-refractivity contribution in [3.63, 3.8) is 0 Å². The quantitative estimate of drug-likeness (QED) is 0.491. The number of hydrogen-bond acceptors (Lipinski definition) is 2. The Morgan fingerprint density at radius 3 is 2.94 bits per heavy atom. The van der Waals surface area contributed by atoms with E-state index in [4.69, 9.17) is 0 Å². The Morgan fingerprint density at radius 1 is 1.44 bits per heavy atom. The van der Waals surface area contributed by atoms with Crippen LogP contribution in [0.2, 0.25) is 0 Å². The van der Waals surface area contributed by atoms with Crippen molar-refractivity contribution in [1.82, 2.24) is 5.32 Å². The molecule has 0 aliphatic heterocycles. The lowest BCUT2D eigenvalue weighted by atomic mass is 10.1. The van der Waals surface area contributed by atoms with Gasteiger partial charge in [-0.1, -0.05) is 31.9 Å². The summed E-state index contributed by atoms with van der Waals surface area (Å²) >= 11 is 1.86. The predicted molar refractivity (Wildman–Crippen MR) is 74.0 cm³/mol. The van der Waals surface area contributed by atoms with Crippen LogP contribution in [0.4, 0.5) is 0 Å². The number of hydrogen-bond donors (Lipinski definition) is 1. The highest BCUT2D eigenvalue weighted by Gasteiger charge is 2.09. The third kappa shape index (κ3) is 4.95. The third-order valence-electron chi connectivity index (χ3n) is 2.74. The van der Waals surface area contributed by atoms with Crippen LogP contribution in [-0.2, 0) is 0 Å². The fraction of sp³-hybridized carbons (Fsp3) is 0.571. The van der Waals surface area contributed by atoms with Crippen molar-refractivity contribution in [1.29, 1.82) is 0 Å². The van der Waals surface area contributed by atoms with Gasteiger partial charge in [-0.05, 0) is 37.3 Å². The van der Waals surface area contributed by atoms with E-state index in [1.54, 1.807) is 0 Å². The van der Waals surface area contributed by atoms with Crippen LogP contribution in [0, 0.1) is 0 Å². The fourth-order valence-corrected chi connectivity index (χ4v) is 2.73. The molecule has 0 radical (unpaired) electrons. The van der Waals surface area contributed by atoms with Gasteiger partial charge >= 0.3 is 0 Å². The number of allylic oxidation sites excluding steroid dienone is 1. The molecule has 1 rings (SSSR count). The highest BCUT2D eigenvalue weighted by atomic mass is 32.1. The molecule has 1 heterocycles. The largest absolute Gasteiger partial charge is 0.310 e. The molecule has 1 N–H and O–H groups in total. The molecule has 2 heteroatoms. The summed E-state index contributed by atoms with van der Waals surface area (Å²) in [6.07, 6.45) is 8.34. The molecule has 0 aromatic carbocycles. The first-order valence-electron chi connectivity index (χ1n) is 6.26. The van der Waals surface area contributed by atoms with Gasteiger partial charge in [0.2, 0.25) is 0 Å². The molecular weight excluding hydrogens is 214 g/mol. The molecule has 16 heavy (non-hydrogen) atoms. The Kier molecular flexibility index (Phi) is 7.19. The van der Waals surface area contributed by atoms with Gasteiger partial charge in [0.15, 0.2) is 0 Å². The van der Waals surface area contributed by atoms with E-state index in [1.165, 1.54) is 30.6 Å². The van der Waals surface area contributed by atoms with E-state index < -0.39 is 0 Å². The van der Waals surface area contributed by atoms with Gasteiger partial charge < -0.3 is 5.32 Å². The van der Waals surface area contributed by atoms with Gasteiger partial charge in [-0.2, -0.15) is 0 Å². The molecule has 1 atom stereocenters. The van der Waals surface area contributed by atoms with Crippen LogP contribution in [0.25, 0.3) is 0 Å². The van der Waals surface area contributed by atoms with Crippen molar-refractivity contribution in [2.75, 3.05) is 6.54 Å². The Bertz CT molecular complexity index is 266. The van der Waals surface area contributed by atoms with Crippen LogP contribution in [0.5, 0.6) is 0 Å². The zero-order valence-electron chi connectivity index (χ0n) is 10.2. The summed E-state index contributed by atoms with van der Waals surface area (Å²) in [5.41, 5.74) is 0. The standard InChI is InChI=1S/C14H23NS/c1-3-5-6-7-8-10-13(15-4-2)14-11-9-12-16-14/h3,9,11-13,15H,1,4-8,10H2,2H3. The maximum Gasteiger partial charge on any atom is 0.0414 e. The summed E-state index contributed by atoms with van der Waals surface area (Å²) in [5, 5.41) is 5.73. The van der Waals surface area contributed by atoms with E-state index in [9.17, 15) is 0 Å². The van der Waals surface area contributed by atoms with Gasteiger partial charge in [-0.15, -0.1) is 17.9 Å². The summed E-state index contributed by atoms with van der Waals surface area (Å²) in [6, 6.07) is 4.94. The lowest BCUT2D eigenvalue weighted by Gasteiger charge is -2.16. The van der Waals surface area contributed by atoms with Gasteiger partial charge in [-0.3, -0.25) is 0 Å². The van der Waals surface area contributed by atoms with Crippen LogP contribution < -0.4 is 5.32 Å². The number of nitrogens with one attached hydrogen (secondary N) is 1. The van der Waals surface area contributed by atoms with Gasteiger partial charge in [-0.25, -0.2) is 0 Å². The molecule has 0 fully saturated rings. The average molecular weight is 237 g/mol. The number of unbranched alkanes of at least 4 members (excludes halogenated alkanes) is 3. The normalized spacial score (nSPS) is 12.6. The Morgan fingerprint density at radius 2 is 2.31 bits per heavy atom. The second kappa shape index (κ2) is 8.54. The van der Waals surface area contributed by atoms with Crippen molar-refractivity contribution >= 4 is 11.3 Å². The molecule has 1 aromatic rings. The summed E-state index contributed by atoms with van der Waals surface area (Å²) in [6.45, 7) is 6.98. The smallest absolute Gasteiger partial charge is 0.0414 e. The van der Waals surface area contributed by atoms with Gasteiger partial charge in [0, 0.05) is 10.9 Å². The molecule has 0 aliphatic rings. The minimum absolute atomic E-state index is 0.564. The molecule has 90 valence electrons. The van der Waals surface area contributed by atoms with Crippen LogP contribution in [0.1, 0.15) is 49.9 Å². The van der Waals surface area contributed by atoms with Crippen LogP contribution in [0.3, 0.4) is 0 Å². The monoisotopic (exact) mass is 237 g/mol. The molecule has 0 bridgehead atoms. The molecule has 1 unspecified atom stereocenters. The zero-order valence-corrected chi connectivity index (χ0v) is 11.1. The second-order valence-electron chi connectivity index (χ2n) is 4.05. The van der Waals surface area contributed by atoms with E-state index in [-0.39, 0.29) is 0 Å². The second-order valence-corrected chi connectivity index (χ2v) is 5.03. The Labute approximate surface area is 104 Å². The summed E-state index contributed by atoms with van der Waals surface area (Å²) in [4.78, 5) is 1.48. The third-order valence-corrected chi connectivity index (χ3v) is 3.72. The molecule has 1 aromatic heterocycles. The average Bonchev–Trinajstić information content (AvgIpc) is 2.81. The zero-order chi connectivity index (χ0) is 11.6. The highest BCUT2D eigenvalue weighted by molar-refractivity contribution is 7.10. The van der Waals surface area contributed by atoms with Crippen molar-refractivity contribution in [2.24, 2.45) is 0 Å². The summed E-state index contributed by atoms with van der Waals surface area (Å²) in [7, 11) is 0. The first kappa shape index (κ1) is 13.5. The van der Waals surface area contributed by atoms with E-state index in [0.717, 1.165) is 13.0 Å². The first-order valence-corrected chi connectivity index (χ1v) is 7.14. The van der Waals surface area contributed by atoms with E-state index >= 15 is 0 Å². The maximum absolute atomic E-state index is 3.75. The predicted octanol–water partition coefficient (Wildman–Crippen LogP) is 4.54. The van der Waals surface area contributed by atoms with Crippen LogP contribution in [-0.4, -0.2) is 6.54 Å². The maximum atomic E-state index is 3.75. The molecule has 0 saturated carbocycles. The molecule has 0 saturated heterocycles. The van der Waals surface area contributed by atoms with Crippen molar-refractivity contribution in [2.45, 2.75) is 45.1 Å². The first-order chi connectivity index (χ1) is 7.88. The summed E-state index contributed by atoms with van der Waals surface area (Å²) < 4.78 is 0. The molecule has 0 spiro atoms. The van der Waals surface area contributed by atoms with Crippen LogP contribution in [0.15, 0.2) is 30.2 Å². The van der Waals surface area contributed by atoms with Gasteiger partial charge in [0.05, 0.1) is 0 Å². The Hall–Kier alpha value is -0.600. The molecular formula is C14H23NS. The van der Waals surface area contributed by atoms with Crippen molar-refractivity contribution in [3.8, 4) is 0 Å². The minimum atomic E-state index is 0.564. The molecule has 0 amide bonds. The van der Waals surface area contributed by atoms with E-state index in [0.29, 0.717) is 6.04 Å². The van der Waals surface area contributed by atoms with Gasteiger partial charge in [0.25, 0.3) is 0 Å². The van der Waals surface area contributed by atoms with Crippen molar-refractivity contribution in [3.05, 3.63) is 35.0 Å². The SMILES string of the molecule is C=CCCCCCC(NCC)c1cccs1. The van der Waals surface area contributed by atoms with Crippen molar-refractivity contribution < 1.29 is 0 Å². The topological polar surface area (TPSA) is 12.0 Å². The lowest BCUT2D eigenvalue weighted by Crippen LogP contribution is -2.19. The lowest BCUT2D eigenvalue weighted by molar-refractivity contribution is 0.490. The summed E-state index contributed by atoms with van der Waals surface area (Å²) in [5.74, 6) is 0.